The monoisotopic (exact) mass is 72.0 g/mol. The van der Waals surface area contributed by atoms with Crippen LogP contribution in [0.1, 0.15) is 0 Å². The highest BCUT2D eigenvalue weighted by Crippen LogP contribution is 1.74. The van der Waals surface area contributed by atoms with Gasteiger partial charge in [-0.25, -0.2) is 0 Å². The maximum absolute atomic E-state index is 3.80. The lowest BCUT2D eigenvalue weighted by Gasteiger charge is -1.56. The van der Waals surface area contributed by atoms with Crippen molar-refractivity contribution >= 4 is 9.24 Å². The first-order valence-electron chi connectivity index (χ1n) is 1.13. The van der Waals surface area contributed by atoms with Crippen LogP contribution in [0.25, 0.3) is 0 Å². The molecule has 2 radical (unpaired) electrons. The predicted octanol–water partition coefficient (Wildman–Crippen LogP) is 1.58. The van der Waals surface area contributed by atoms with Gasteiger partial charge < -0.3 is 0 Å². The molecule has 0 aliphatic heterocycles. The number of hydrogen-bond acceptors (Lipinski definition) is 0. The van der Waals surface area contributed by atoms with Crippen LogP contribution in [0.2, 0.25) is 0 Å². The molecule has 0 atom stereocenters. The van der Waals surface area contributed by atoms with Crippen LogP contribution in [0.15, 0.2) is 12.7 Å². The second-order valence-corrected chi connectivity index (χ2v) is 0.836. The number of hydrogen-bond donors (Lipinski definition) is 0. The van der Waals surface area contributed by atoms with Crippen molar-refractivity contribution in [2.24, 2.45) is 0 Å². The average molecular weight is 72.0 g/mol. The highest BCUT2D eigenvalue weighted by Gasteiger charge is 1.47. The zero-order chi connectivity index (χ0) is 3.41. The van der Waals surface area contributed by atoms with Crippen LogP contribution < -0.4 is 0 Å². The van der Waals surface area contributed by atoms with Crippen molar-refractivity contribution in [1.29, 1.82) is 0 Å². The van der Waals surface area contributed by atoms with E-state index in [-0.39, 0.29) is 0 Å². The van der Waals surface area contributed by atoms with Gasteiger partial charge in [0.2, 0.25) is 0 Å². The maximum atomic E-state index is 3.80. The van der Waals surface area contributed by atoms with E-state index in [4.69, 9.17) is 0 Å². The highest BCUT2D eigenvalue weighted by molar-refractivity contribution is 7.16. The van der Waals surface area contributed by atoms with E-state index in [2.05, 4.69) is 15.8 Å². The lowest BCUT2D eigenvalue weighted by atomic mass is 10.8. The van der Waals surface area contributed by atoms with E-state index in [1.807, 2.05) is 0 Å². The molecule has 0 aromatic rings. The Bertz CT molecular complexity index is 17.2. The largest absolute Gasteiger partial charge is 0.103 e. The van der Waals surface area contributed by atoms with E-state index in [9.17, 15) is 0 Å². The summed E-state index contributed by atoms with van der Waals surface area (Å²) in [7, 11) is 3.80. The Balaban J connectivity index is 2.30. The Morgan fingerprint density at radius 2 is 2.25 bits per heavy atom. The molecular formula is C3H5P. The minimum Gasteiger partial charge on any atom is -0.103 e. The number of rotatable bonds is 1. The highest BCUT2D eigenvalue weighted by atomic mass is 31.0. The lowest BCUT2D eigenvalue weighted by Crippen LogP contribution is -1.43. The van der Waals surface area contributed by atoms with Gasteiger partial charge in [0, 0.05) is 0 Å². The third kappa shape index (κ3) is 2.17. The van der Waals surface area contributed by atoms with Crippen LogP contribution >= 0.6 is 9.24 Å². The first-order valence-corrected chi connectivity index (χ1v) is 1.77. The second-order valence-electron chi connectivity index (χ2n) is 0.471. The molecule has 1 heteroatoms. The molecule has 0 aromatic carbocycles. The molecule has 0 amide bonds. The average Bonchev–Trinajstić information content (AvgIpc) is 1.37. The van der Waals surface area contributed by atoms with E-state index < -0.39 is 0 Å². The molecule has 0 heterocycles. The Hall–Kier alpha value is 0.170. The summed E-state index contributed by atoms with van der Waals surface area (Å²) in [5, 5.41) is 0. The molecular weight excluding hydrogens is 67.0 g/mol. The van der Waals surface area contributed by atoms with Crippen LogP contribution in [-0.2, 0) is 0 Å². The van der Waals surface area contributed by atoms with Gasteiger partial charge in [0.25, 0.3) is 0 Å². The smallest absolute Gasteiger partial charge is 0.00633 e. The van der Waals surface area contributed by atoms with Gasteiger partial charge in [-0.1, -0.05) is 6.08 Å². The zero-order valence-corrected chi connectivity index (χ0v) is 3.33. The molecule has 0 saturated heterocycles. The molecule has 0 aliphatic carbocycles. The molecule has 0 spiro atoms. The molecule has 22 valence electrons. The van der Waals surface area contributed by atoms with E-state index in [1.54, 1.807) is 6.08 Å². The quantitative estimate of drug-likeness (QED) is 0.326. The zero-order valence-electron chi connectivity index (χ0n) is 2.44. The first-order chi connectivity index (χ1) is 1.91. The molecule has 0 unspecified atom stereocenters. The minimum atomic E-state index is 0.778. The van der Waals surface area contributed by atoms with Crippen LogP contribution in [0.5, 0.6) is 0 Å². The fourth-order valence-electron chi connectivity index (χ4n) is 0. The predicted molar refractivity (Wildman–Crippen MR) is 22.0 cm³/mol. The van der Waals surface area contributed by atoms with Gasteiger partial charge in [-0.3, -0.25) is 0 Å². The fourth-order valence-corrected chi connectivity index (χ4v) is 0. The Kier molecular flexibility index (Phi) is 3.30. The van der Waals surface area contributed by atoms with Crippen LogP contribution in [0.3, 0.4) is 0 Å². The molecule has 0 bridgehead atoms. The molecule has 0 aromatic heterocycles. The standard InChI is InChI=1S/C3H5P/c1-2-3-4/h2H,1,3H2. The summed E-state index contributed by atoms with van der Waals surface area (Å²) in [6, 6.07) is 0. The van der Waals surface area contributed by atoms with Crippen molar-refractivity contribution in [3.63, 3.8) is 0 Å². The summed E-state index contributed by atoms with van der Waals surface area (Å²) in [6.07, 6.45) is 2.52. The van der Waals surface area contributed by atoms with E-state index >= 15 is 0 Å². The molecule has 0 rings (SSSR count). The molecule has 0 nitrogen and oxygen atoms in total. The van der Waals surface area contributed by atoms with Crippen LogP contribution in [0.4, 0.5) is 0 Å². The van der Waals surface area contributed by atoms with Gasteiger partial charge in [-0.05, 0) is 15.4 Å². The minimum absolute atomic E-state index is 0.778. The maximum Gasteiger partial charge on any atom is -0.00633 e. The Morgan fingerprint density at radius 3 is 2.25 bits per heavy atom. The Labute approximate surface area is 29.1 Å². The second kappa shape index (κ2) is 3.17. The fraction of sp³-hybridized carbons (Fsp3) is 0.333. The molecule has 4 heavy (non-hydrogen) atoms. The van der Waals surface area contributed by atoms with Gasteiger partial charge in [0.1, 0.15) is 0 Å². The number of allylic oxidation sites excluding steroid dienone is 1. The summed E-state index contributed by atoms with van der Waals surface area (Å²) < 4.78 is 0. The van der Waals surface area contributed by atoms with Gasteiger partial charge in [0.05, 0.1) is 0 Å². The topological polar surface area (TPSA) is 0 Å². The van der Waals surface area contributed by atoms with Crippen molar-refractivity contribution in [2.45, 2.75) is 0 Å². The van der Waals surface area contributed by atoms with Crippen molar-refractivity contribution < 1.29 is 0 Å². The summed E-state index contributed by atoms with van der Waals surface area (Å²) >= 11 is 0. The van der Waals surface area contributed by atoms with E-state index in [1.165, 1.54) is 0 Å². The summed E-state index contributed by atoms with van der Waals surface area (Å²) in [6.45, 7) is 3.40. The molecule has 0 aliphatic rings. The van der Waals surface area contributed by atoms with Gasteiger partial charge in [-0.2, -0.15) is 0 Å². The van der Waals surface area contributed by atoms with Crippen LogP contribution in [-0.4, -0.2) is 6.16 Å². The summed E-state index contributed by atoms with van der Waals surface area (Å²) in [4.78, 5) is 0. The third-order valence-corrected chi connectivity index (χ3v) is 0.387. The summed E-state index contributed by atoms with van der Waals surface area (Å²) in [5.41, 5.74) is 0. The van der Waals surface area contributed by atoms with Crippen LogP contribution in [0, 0.1) is 0 Å². The SMILES string of the molecule is C=CC[P]. The lowest BCUT2D eigenvalue weighted by molar-refractivity contribution is 1.83. The van der Waals surface area contributed by atoms with Gasteiger partial charge >= 0.3 is 0 Å². The van der Waals surface area contributed by atoms with Crippen molar-refractivity contribution in [3.05, 3.63) is 12.7 Å². The Morgan fingerprint density at radius 1 is 2.00 bits per heavy atom. The van der Waals surface area contributed by atoms with Gasteiger partial charge in [-0.15, -0.1) is 6.58 Å². The normalized spacial score (nSPS) is 6.25. The van der Waals surface area contributed by atoms with Crippen molar-refractivity contribution in [2.75, 3.05) is 6.16 Å². The van der Waals surface area contributed by atoms with Crippen molar-refractivity contribution in [3.8, 4) is 0 Å². The third-order valence-electron chi connectivity index (χ3n) is 0.129. The van der Waals surface area contributed by atoms with E-state index in [0.717, 1.165) is 6.16 Å². The molecule has 0 saturated carbocycles. The first kappa shape index (κ1) is 4.17. The molecule has 0 N–H and O–H groups in total. The van der Waals surface area contributed by atoms with Crippen molar-refractivity contribution in [1.82, 2.24) is 0 Å². The summed E-state index contributed by atoms with van der Waals surface area (Å²) in [5.74, 6) is 0. The molecule has 0 fully saturated rings. The van der Waals surface area contributed by atoms with Gasteiger partial charge in [0.15, 0.2) is 0 Å². The van der Waals surface area contributed by atoms with E-state index in [0.29, 0.717) is 0 Å².